The van der Waals surface area contributed by atoms with Gasteiger partial charge in [0.25, 0.3) is 0 Å². The summed E-state index contributed by atoms with van der Waals surface area (Å²) in [5.41, 5.74) is 4.41. The molecule has 0 radical (unpaired) electrons. The Bertz CT molecular complexity index is 812. The number of benzene rings is 1. The summed E-state index contributed by atoms with van der Waals surface area (Å²) in [5.74, 6) is 0.898. The third-order valence-corrected chi connectivity index (χ3v) is 6.26. The van der Waals surface area contributed by atoms with Crippen LogP contribution in [0.25, 0.3) is 0 Å². The number of pyridine rings is 1. The molecule has 0 spiro atoms. The van der Waals surface area contributed by atoms with Crippen molar-refractivity contribution in [2.24, 2.45) is 5.41 Å². The first-order chi connectivity index (χ1) is 12.8. The number of aromatic nitrogens is 1. The van der Waals surface area contributed by atoms with Gasteiger partial charge in [-0.25, -0.2) is 0 Å². The van der Waals surface area contributed by atoms with E-state index >= 15 is 0 Å². The van der Waals surface area contributed by atoms with Crippen LogP contribution in [0, 0.1) is 5.41 Å². The first-order valence-electron chi connectivity index (χ1n) is 9.45. The second kappa shape index (κ2) is 8.76. The highest BCUT2D eigenvalue weighted by Gasteiger charge is 2.18. The average Bonchev–Trinajstić information content (AvgIpc) is 2.85. The van der Waals surface area contributed by atoms with Crippen LogP contribution >= 0.6 is 23.4 Å². The Morgan fingerprint density at radius 2 is 1.96 bits per heavy atom. The number of carbonyl (C=O) groups excluding carboxylic acids is 1. The Morgan fingerprint density at radius 3 is 2.67 bits per heavy atom. The zero-order chi connectivity index (χ0) is 19.4. The van der Waals surface area contributed by atoms with Crippen LogP contribution in [0.3, 0.4) is 0 Å². The summed E-state index contributed by atoms with van der Waals surface area (Å²) in [6.45, 7) is 8.23. The highest BCUT2D eigenvalue weighted by Crippen LogP contribution is 2.35. The molecule has 144 valence electrons. The first-order valence-corrected chi connectivity index (χ1v) is 10.8. The van der Waals surface area contributed by atoms with Gasteiger partial charge in [-0.2, -0.15) is 0 Å². The lowest BCUT2D eigenvalue weighted by Crippen LogP contribution is -2.16. The van der Waals surface area contributed by atoms with Crippen molar-refractivity contribution in [1.29, 1.82) is 0 Å². The maximum Gasteiger partial charge on any atom is 0.164 e. The molecule has 5 heteroatoms. The number of nitrogens with one attached hydrogen (secondary N) is 1. The van der Waals surface area contributed by atoms with Crippen molar-refractivity contribution in [3.8, 4) is 0 Å². The van der Waals surface area contributed by atoms with Crippen LogP contribution in [0.15, 0.2) is 35.4 Å². The van der Waals surface area contributed by atoms with Crippen molar-refractivity contribution in [2.75, 3.05) is 13.1 Å². The zero-order valence-corrected chi connectivity index (χ0v) is 17.8. The smallest absolute Gasteiger partial charge is 0.164 e. The molecule has 3 nitrogen and oxygen atoms in total. The fraction of sp³-hybridized carbons (Fsp3) is 0.455. The fourth-order valence-electron chi connectivity index (χ4n) is 3.27. The maximum absolute atomic E-state index is 12.3. The van der Waals surface area contributed by atoms with Gasteiger partial charge in [0.1, 0.15) is 0 Å². The molecule has 0 atom stereocenters. The number of hydrogen-bond donors (Lipinski definition) is 1. The molecule has 27 heavy (non-hydrogen) atoms. The van der Waals surface area contributed by atoms with Crippen molar-refractivity contribution in [1.82, 2.24) is 10.3 Å². The van der Waals surface area contributed by atoms with E-state index in [0.29, 0.717) is 12.0 Å². The summed E-state index contributed by atoms with van der Waals surface area (Å²) in [7, 11) is 0. The highest BCUT2D eigenvalue weighted by molar-refractivity contribution is 7.98. The highest BCUT2D eigenvalue weighted by atomic mass is 35.5. The Kier molecular flexibility index (Phi) is 6.61. The Morgan fingerprint density at radius 1 is 1.19 bits per heavy atom. The lowest BCUT2D eigenvalue weighted by Gasteiger charge is -2.16. The minimum Gasteiger partial charge on any atom is -0.316 e. The number of nitrogens with zero attached hydrogens (tertiary/aromatic N) is 1. The monoisotopic (exact) mass is 402 g/mol. The van der Waals surface area contributed by atoms with Crippen molar-refractivity contribution >= 4 is 29.1 Å². The zero-order valence-electron chi connectivity index (χ0n) is 16.3. The molecule has 0 bridgehead atoms. The number of ketones is 1. The summed E-state index contributed by atoms with van der Waals surface area (Å²) in [6.07, 6.45) is 4.29. The van der Waals surface area contributed by atoms with Crippen LogP contribution in [0.2, 0.25) is 5.02 Å². The molecule has 0 saturated carbocycles. The van der Waals surface area contributed by atoms with Crippen molar-refractivity contribution in [3.05, 3.63) is 57.9 Å². The van der Waals surface area contributed by atoms with Gasteiger partial charge in [-0.05, 0) is 60.7 Å². The second-order valence-corrected chi connectivity index (χ2v) is 9.64. The van der Waals surface area contributed by atoms with E-state index < -0.39 is 0 Å². The van der Waals surface area contributed by atoms with E-state index in [1.807, 2.05) is 18.2 Å². The van der Waals surface area contributed by atoms with E-state index in [9.17, 15) is 4.79 Å². The van der Waals surface area contributed by atoms with Crippen molar-refractivity contribution < 1.29 is 4.79 Å². The van der Waals surface area contributed by atoms with Gasteiger partial charge in [-0.3, -0.25) is 9.78 Å². The summed E-state index contributed by atoms with van der Waals surface area (Å²) in [4.78, 5) is 18.0. The van der Waals surface area contributed by atoms with Crippen LogP contribution in [0.5, 0.6) is 0 Å². The van der Waals surface area contributed by atoms with Crippen molar-refractivity contribution in [3.63, 3.8) is 0 Å². The van der Waals surface area contributed by atoms with Gasteiger partial charge in [0.15, 0.2) is 5.78 Å². The van der Waals surface area contributed by atoms with E-state index in [4.69, 9.17) is 11.6 Å². The third kappa shape index (κ3) is 5.56. The van der Waals surface area contributed by atoms with Crippen LogP contribution in [0.1, 0.15) is 54.4 Å². The normalized spacial score (nSPS) is 14.5. The topological polar surface area (TPSA) is 42.0 Å². The number of halogens is 1. The van der Waals surface area contributed by atoms with Gasteiger partial charge < -0.3 is 5.32 Å². The number of fused-ring (bicyclic) bond motifs is 1. The predicted octanol–water partition coefficient (Wildman–Crippen LogP) is 5.33. The molecule has 2 aromatic rings. The van der Waals surface area contributed by atoms with Crippen LogP contribution in [-0.2, 0) is 18.6 Å². The van der Waals surface area contributed by atoms with E-state index in [2.05, 4.69) is 37.1 Å². The number of carbonyl (C=O) groups is 1. The van der Waals surface area contributed by atoms with Gasteiger partial charge in [-0.1, -0.05) is 38.4 Å². The molecule has 2 heterocycles. The average molecular weight is 403 g/mol. The standard InChI is InChI=1S/C22H27ClN2OS/c1-22(2,3)12-20(26)16-4-6-17(25-13-16)14-27-21-18-9-11-24-10-8-15(18)5-7-19(21)23/h4-7,13,24H,8-12,14H2,1-3H3. The summed E-state index contributed by atoms with van der Waals surface area (Å²) in [5, 5.41) is 4.27. The molecule has 0 fully saturated rings. The molecule has 0 unspecified atom stereocenters. The minimum atomic E-state index is -0.0116. The molecule has 1 N–H and O–H groups in total. The van der Waals surface area contributed by atoms with E-state index in [1.54, 1.807) is 18.0 Å². The Hall–Kier alpha value is -1.36. The Labute approximate surface area is 171 Å². The molecule has 0 saturated heterocycles. The second-order valence-electron chi connectivity index (χ2n) is 8.25. The molecule has 1 aliphatic rings. The molecule has 1 aromatic carbocycles. The summed E-state index contributed by atoms with van der Waals surface area (Å²) < 4.78 is 0. The summed E-state index contributed by atoms with van der Waals surface area (Å²) >= 11 is 8.24. The number of rotatable bonds is 5. The maximum atomic E-state index is 12.3. The number of Topliss-reactive ketones (excluding diaryl/α,β-unsaturated/α-hetero) is 1. The summed E-state index contributed by atoms with van der Waals surface area (Å²) in [6, 6.07) is 8.02. The molecule has 1 aromatic heterocycles. The minimum absolute atomic E-state index is 0.0116. The molecule has 3 rings (SSSR count). The Balaban J connectivity index is 1.70. The molecule has 1 aliphatic heterocycles. The van der Waals surface area contributed by atoms with E-state index in [1.165, 1.54) is 16.0 Å². The van der Waals surface area contributed by atoms with Crippen LogP contribution in [0.4, 0.5) is 0 Å². The third-order valence-electron chi connectivity index (χ3n) is 4.63. The quantitative estimate of drug-likeness (QED) is 0.541. The van der Waals surface area contributed by atoms with E-state index in [0.717, 1.165) is 42.4 Å². The van der Waals surface area contributed by atoms with Gasteiger partial charge >= 0.3 is 0 Å². The van der Waals surface area contributed by atoms with Gasteiger partial charge in [0, 0.05) is 28.8 Å². The number of thioether (sulfide) groups is 1. The number of hydrogen-bond acceptors (Lipinski definition) is 4. The molecular weight excluding hydrogens is 376 g/mol. The SMILES string of the molecule is CC(C)(C)CC(=O)c1ccc(CSc2c(Cl)ccc3c2CCNCC3)nc1. The lowest BCUT2D eigenvalue weighted by atomic mass is 9.88. The van der Waals surface area contributed by atoms with E-state index in [-0.39, 0.29) is 11.2 Å². The fourth-order valence-corrected chi connectivity index (χ4v) is 4.69. The largest absolute Gasteiger partial charge is 0.316 e. The van der Waals surface area contributed by atoms with Crippen molar-refractivity contribution in [2.45, 2.75) is 50.7 Å². The molecular formula is C22H27ClN2OS. The van der Waals surface area contributed by atoms with Gasteiger partial charge in [-0.15, -0.1) is 11.8 Å². The predicted molar refractivity (Wildman–Crippen MR) is 114 cm³/mol. The molecule has 0 amide bonds. The van der Waals surface area contributed by atoms with Gasteiger partial charge in [0.05, 0.1) is 10.7 Å². The van der Waals surface area contributed by atoms with Gasteiger partial charge in [0.2, 0.25) is 0 Å². The van der Waals surface area contributed by atoms with Crippen LogP contribution < -0.4 is 5.32 Å². The molecule has 0 aliphatic carbocycles. The first kappa shape index (κ1) is 20.4. The van der Waals surface area contributed by atoms with Crippen LogP contribution in [-0.4, -0.2) is 23.9 Å². The lowest BCUT2D eigenvalue weighted by molar-refractivity contribution is 0.0939.